The second-order valence-electron chi connectivity index (χ2n) is 4.82. The first-order chi connectivity index (χ1) is 10.5. The molecule has 0 spiro atoms. The van der Waals surface area contributed by atoms with E-state index in [0.29, 0.717) is 16.9 Å². The topological polar surface area (TPSA) is 115 Å². The van der Waals surface area contributed by atoms with Crippen LogP contribution in [0.5, 0.6) is 0 Å². The zero-order chi connectivity index (χ0) is 15.7. The minimum Gasteiger partial charge on any atom is -0.399 e. The van der Waals surface area contributed by atoms with Gasteiger partial charge in [0.25, 0.3) is 0 Å². The van der Waals surface area contributed by atoms with Gasteiger partial charge in [-0.05, 0) is 23.8 Å². The van der Waals surface area contributed by atoms with Gasteiger partial charge in [0, 0.05) is 16.8 Å². The van der Waals surface area contributed by atoms with E-state index in [4.69, 9.17) is 10.9 Å². The Kier molecular flexibility index (Phi) is 3.44. The summed E-state index contributed by atoms with van der Waals surface area (Å²) in [5.41, 5.74) is 9.07. The summed E-state index contributed by atoms with van der Waals surface area (Å²) in [6, 6.07) is 13.8. The van der Waals surface area contributed by atoms with Gasteiger partial charge >= 0.3 is 0 Å². The smallest absolute Gasteiger partial charge is 0.238 e. The van der Waals surface area contributed by atoms with Gasteiger partial charge in [0.1, 0.15) is 0 Å². The molecule has 0 aliphatic carbocycles. The van der Waals surface area contributed by atoms with Crippen molar-refractivity contribution >= 4 is 15.7 Å². The Hall–Kier alpha value is -2.64. The molecule has 0 unspecified atom stereocenters. The van der Waals surface area contributed by atoms with Crippen LogP contribution in [0.3, 0.4) is 0 Å². The number of primary sulfonamides is 1. The quantitative estimate of drug-likeness (QED) is 0.641. The van der Waals surface area contributed by atoms with Gasteiger partial charge in [-0.25, -0.2) is 13.6 Å². The molecule has 0 aliphatic heterocycles. The Bertz CT molecular complexity index is 915. The van der Waals surface area contributed by atoms with Crippen molar-refractivity contribution in [1.82, 2.24) is 10.2 Å². The number of benzene rings is 2. The van der Waals surface area contributed by atoms with Crippen LogP contribution in [0.4, 0.5) is 5.69 Å². The standard InChI is InChI=1S/C15H14N4O2S/c16-11-7-5-10(6-8-11)13-9-18-19-15(13)12-3-1-2-4-14(12)22(17,20)21/h1-9H,16H2,(H,18,19)(H2,17,20,21). The lowest BCUT2D eigenvalue weighted by molar-refractivity contribution is 0.598. The van der Waals surface area contributed by atoms with Gasteiger partial charge in [-0.3, -0.25) is 5.10 Å². The Morgan fingerprint density at radius 2 is 1.64 bits per heavy atom. The van der Waals surface area contributed by atoms with E-state index in [9.17, 15) is 8.42 Å². The maximum Gasteiger partial charge on any atom is 0.238 e. The summed E-state index contributed by atoms with van der Waals surface area (Å²) in [5.74, 6) is 0. The highest BCUT2D eigenvalue weighted by Gasteiger charge is 2.18. The second-order valence-corrected chi connectivity index (χ2v) is 6.35. The molecule has 0 saturated heterocycles. The fourth-order valence-electron chi connectivity index (χ4n) is 2.29. The minimum atomic E-state index is -3.83. The van der Waals surface area contributed by atoms with Crippen LogP contribution in [0, 0.1) is 0 Å². The number of aromatic nitrogens is 2. The molecule has 1 aromatic heterocycles. The van der Waals surface area contributed by atoms with E-state index in [1.54, 1.807) is 36.5 Å². The lowest BCUT2D eigenvalue weighted by atomic mass is 10.0. The molecule has 0 atom stereocenters. The molecule has 1 heterocycles. The third kappa shape index (κ3) is 2.59. The van der Waals surface area contributed by atoms with Crippen LogP contribution >= 0.6 is 0 Å². The summed E-state index contributed by atoms with van der Waals surface area (Å²) in [6.07, 6.45) is 1.64. The summed E-state index contributed by atoms with van der Waals surface area (Å²) < 4.78 is 23.5. The molecule has 7 heteroatoms. The number of aromatic amines is 1. The zero-order valence-electron chi connectivity index (χ0n) is 11.5. The van der Waals surface area contributed by atoms with Gasteiger partial charge in [0.2, 0.25) is 10.0 Å². The number of nitrogens with one attached hydrogen (secondary N) is 1. The van der Waals surface area contributed by atoms with E-state index >= 15 is 0 Å². The largest absolute Gasteiger partial charge is 0.399 e. The number of hydrogen-bond donors (Lipinski definition) is 3. The summed E-state index contributed by atoms with van der Waals surface area (Å²) in [4.78, 5) is 0.0518. The molecule has 6 nitrogen and oxygen atoms in total. The van der Waals surface area contributed by atoms with Crippen molar-refractivity contribution in [1.29, 1.82) is 0 Å². The van der Waals surface area contributed by atoms with Crippen LogP contribution in [0.25, 0.3) is 22.4 Å². The Morgan fingerprint density at radius 1 is 0.955 bits per heavy atom. The molecule has 2 aromatic carbocycles. The molecule has 0 radical (unpaired) electrons. The van der Waals surface area contributed by atoms with Crippen molar-refractivity contribution in [2.24, 2.45) is 5.14 Å². The summed E-state index contributed by atoms with van der Waals surface area (Å²) in [5, 5.41) is 12.2. The number of nitrogens with two attached hydrogens (primary N) is 2. The molecule has 3 aromatic rings. The number of anilines is 1. The fourth-order valence-corrected chi connectivity index (χ4v) is 3.04. The van der Waals surface area contributed by atoms with Crippen molar-refractivity contribution in [3.05, 3.63) is 54.7 Å². The third-order valence-electron chi connectivity index (χ3n) is 3.32. The molecule has 0 amide bonds. The summed E-state index contributed by atoms with van der Waals surface area (Å²) in [6.45, 7) is 0. The predicted octanol–water partition coefficient (Wildman–Crippen LogP) is 1.97. The first kappa shape index (κ1) is 14.3. The van der Waals surface area contributed by atoms with E-state index in [1.807, 2.05) is 12.1 Å². The second kappa shape index (κ2) is 5.28. The molecular formula is C15H14N4O2S. The Labute approximate surface area is 127 Å². The van der Waals surface area contributed by atoms with Gasteiger partial charge in [-0.2, -0.15) is 5.10 Å². The van der Waals surface area contributed by atoms with Crippen LogP contribution in [0.15, 0.2) is 59.6 Å². The van der Waals surface area contributed by atoms with Crippen molar-refractivity contribution in [3.8, 4) is 22.4 Å². The van der Waals surface area contributed by atoms with E-state index in [-0.39, 0.29) is 4.90 Å². The molecule has 0 aliphatic rings. The highest BCUT2D eigenvalue weighted by molar-refractivity contribution is 7.89. The number of sulfonamides is 1. The third-order valence-corrected chi connectivity index (χ3v) is 4.29. The molecule has 3 rings (SSSR count). The van der Waals surface area contributed by atoms with Crippen LogP contribution in [-0.4, -0.2) is 18.6 Å². The molecule has 5 N–H and O–H groups in total. The Balaban J connectivity index is 2.20. The van der Waals surface area contributed by atoms with Crippen molar-refractivity contribution in [3.63, 3.8) is 0 Å². The normalized spacial score (nSPS) is 11.5. The molecule has 0 bridgehead atoms. The maximum absolute atomic E-state index is 11.8. The highest BCUT2D eigenvalue weighted by atomic mass is 32.2. The van der Waals surface area contributed by atoms with E-state index in [2.05, 4.69) is 10.2 Å². The Morgan fingerprint density at radius 3 is 2.32 bits per heavy atom. The number of H-pyrrole nitrogens is 1. The van der Waals surface area contributed by atoms with Crippen molar-refractivity contribution in [2.75, 3.05) is 5.73 Å². The highest BCUT2D eigenvalue weighted by Crippen LogP contribution is 2.33. The zero-order valence-corrected chi connectivity index (χ0v) is 12.3. The fraction of sp³-hybridized carbons (Fsp3) is 0. The molecule has 22 heavy (non-hydrogen) atoms. The molecule has 0 fully saturated rings. The molecule has 112 valence electrons. The summed E-state index contributed by atoms with van der Waals surface area (Å²) in [7, 11) is -3.83. The monoisotopic (exact) mass is 314 g/mol. The predicted molar refractivity (Wildman–Crippen MR) is 85.2 cm³/mol. The van der Waals surface area contributed by atoms with E-state index < -0.39 is 10.0 Å². The average molecular weight is 314 g/mol. The van der Waals surface area contributed by atoms with Crippen LogP contribution in [-0.2, 0) is 10.0 Å². The van der Waals surface area contributed by atoms with Crippen LogP contribution in [0.2, 0.25) is 0 Å². The molecular weight excluding hydrogens is 300 g/mol. The molecule has 0 saturated carbocycles. The number of rotatable bonds is 3. The van der Waals surface area contributed by atoms with E-state index in [1.165, 1.54) is 6.07 Å². The van der Waals surface area contributed by atoms with E-state index in [0.717, 1.165) is 11.1 Å². The van der Waals surface area contributed by atoms with Crippen LogP contribution in [0.1, 0.15) is 0 Å². The lowest BCUT2D eigenvalue weighted by Gasteiger charge is -2.08. The number of nitrogens with zero attached hydrogens (tertiary/aromatic N) is 1. The summed E-state index contributed by atoms with van der Waals surface area (Å²) >= 11 is 0. The minimum absolute atomic E-state index is 0.0518. The van der Waals surface area contributed by atoms with Crippen LogP contribution < -0.4 is 10.9 Å². The van der Waals surface area contributed by atoms with Crippen molar-refractivity contribution in [2.45, 2.75) is 4.90 Å². The first-order valence-electron chi connectivity index (χ1n) is 6.48. The van der Waals surface area contributed by atoms with Crippen molar-refractivity contribution < 1.29 is 8.42 Å². The number of nitrogen functional groups attached to an aromatic ring is 1. The number of hydrogen-bond acceptors (Lipinski definition) is 4. The van der Waals surface area contributed by atoms with Gasteiger partial charge in [0.15, 0.2) is 0 Å². The maximum atomic E-state index is 11.8. The SMILES string of the molecule is Nc1ccc(-c2cn[nH]c2-c2ccccc2S(N)(=O)=O)cc1. The van der Waals surface area contributed by atoms with Gasteiger partial charge in [0.05, 0.1) is 16.8 Å². The first-order valence-corrected chi connectivity index (χ1v) is 8.03. The van der Waals surface area contributed by atoms with Gasteiger partial charge in [-0.1, -0.05) is 30.3 Å². The van der Waals surface area contributed by atoms with Gasteiger partial charge in [-0.15, -0.1) is 0 Å². The average Bonchev–Trinajstić information content (AvgIpc) is 2.96. The lowest BCUT2D eigenvalue weighted by Crippen LogP contribution is -2.13. The van der Waals surface area contributed by atoms with Gasteiger partial charge < -0.3 is 5.73 Å².